The molecule has 12 heteroatoms. The molecule has 0 spiro atoms. The minimum Gasteiger partial charge on any atom is -0.494 e. The van der Waals surface area contributed by atoms with Crippen LogP contribution in [0.3, 0.4) is 0 Å². The second-order valence-electron chi connectivity index (χ2n) is 11.7. The molecule has 0 saturated heterocycles. The molecule has 2 aliphatic rings. The van der Waals surface area contributed by atoms with Gasteiger partial charge in [-0.05, 0) is 91.9 Å². The Hall–Kier alpha value is -5.72. The van der Waals surface area contributed by atoms with Crippen LogP contribution in [0.2, 0.25) is 0 Å². The van der Waals surface area contributed by atoms with Gasteiger partial charge >= 0.3 is 0 Å². The number of nitrogens with one attached hydrogen (secondary N) is 3. The number of benzene rings is 4. The Morgan fingerprint density at radius 1 is 0.857 bits per heavy atom. The van der Waals surface area contributed by atoms with Gasteiger partial charge in [0.1, 0.15) is 5.75 Å². The molecule has 6 rings (SSSR count). The van der Waals surface area contributed by atoms with E-state index in [0.717, 1.165) is 58.4 Å². The molecule has 2 aliphatic heterocycles. The molecule has 0 fully saturated rings. The van der Waals surface area contributed by atoms with Gasteiger partial charge in [0.25, 0.3) is 16.0 Å². The van der Waals surface area contributed by atoms with Gasteiger partial charge in [0.15, 0.2) is 0 Å². The van der Waals surface area contributed by atoms with Crippen molar-refractivity contribution in [1.82, 2.24) is 4.90 Å². The second kappa shape index (κ2) is 15.0. The van der Waals surface area contributed by atoms with Crippen LogP contribution >= 0.6 is 0 Å². The predicted octanol–water partition coefficient (Wildman–Crippen LogP) is 6.43. The first-order valence-corrected chi connectivity index (χ1v) is 16.9. The van der Waals surface area contributed by atoms with Crippen molar-refractivity contribution in [3.05, 3.63) is 132 Å². The summed E-state index contributed by atoms with van der Waals surface area (Å²) < 4.78 is 35.1. The zero-order valence-corrected chi connectivity index (χ0v) is 28.6. The number of fused-ring (bicyclic) bond motifs is 1. The third-order valence-electron chi connectivity index (χ3n) is 7.84. The molecule has 4 aromatic rings. The van der Waals surface area contributed by atoms with Crippen molar-refractivity contribution >= 4 is 50.2 Å². The van der Waals surface area contributed by atoms with Gasteiger partial charge in [-0.2, -0.15) is 8.42 Å². The fourth-order valence-electron chi connectivity index (χ4n) is 5.18. The number of rotatable bonds is 8. The van der Waals surface area contributed by atoms with Crippen LogP contribution in [0.4, 0.5) is 28.4 Å². The molecule has 6 N–H and O–H groups in total. The van der Waals surface area contributed by atoms with Crippen molar-refractivity contribution in [3.8, 4) is 5.75 Å². The lowest BCUT2D eigenvalue weighted by molar-refractivity contribution is 0.102. The van der Waals surface area contributed by atoms with E-state index >= 15 is 0 Å². The van der Waals surface area contributed by atoms with Crippen molar-refractivity contribution in [1.29, 1.82) is 0 Å². The van der Waals surface area contributed by atoms with Crippen molar-refractivity contribution in [3.63, 3.8) is 0 Å². The number of amides is 1. The standard InChI is InChI=1S/C30H32N6O2.C7H8O3S/c1-35-15-12-25(13-16-35)32-22-6-4-20(5-7-22)30(37)34-24-10-8-23(9-11-24)33-27-14-17-36(2)29-26(27)18-21(31)19-28(29)38-3;1-6-2-4-7(5-3-6)11(8,9)10/h4-15,18-19,32-33H,16-17,31H2,1-3H3,(H,34,37);2-5H,1H3,(H,8,9,10). The number of likely N-dealkylation sites (N-methyl/N-ethyl adjacent to an activating group) is 2. The maximum absolute atomic E-state index is 12.8. The Labute approximate surface area is 287 Å². The number of anilines is 5. The molecule has 0 aromatic heterocycles. The van der Waals surface area contributed by atoms with E-state index in [-0.39, 0.29) is 10.8 Å². The number of nitrogen functional groups attached to an aromatic ring is 1. The number of nitrogens with zero attached hydrogens (tertiary/aromatic N) is 2. The third kappa shape index (κ3) is 9.01. The van der Waals surface area contributed by atoms with Gasteiger partial charge < -0.3 is 36.2 Å². The van der Waals surface area contributed by atoms with Crippen LogP contribution in [0.5, 0.6) is 5.75 Å². The second-order valence-corrected chi connectivity index (χ2v) is 13.1. The van der Waals surface area contributed by atoms with E-state index in [4.69, 9.17) is 15.0 Å². The monoisotopic (exact) mass is 680 g/mol. The first-order valence-electron chi connectivity index (χ1n) is 15.5. The zero-order chi connectivity index (χ0) is 35.1. The lowest BCUT2D eigenvalue weighted by atomic mass is 10.0. The summed E-state index contributed by atoms with van der Waals surface area (Å²) in [7, 11) is 1.69. The molecule has 49 heavy (non-hydrogen) atoms. The summed E-state index contributed by atoms with van der Waals surface area (Å²) in [5.41, 5.74) is 14.8. The van der Waals surface area contributed by atoms with E-state index in [2.05, 4.69) is 37.9 Å². The minimum atomic E-state index is -4.02. The highest BCUT2D eigenvalue weighted by Crippen LogP contribution is 2.40. The molecule has 0 aliphatic carbocycles. The van der Waals surface area contributed by atoms with Gasteiger partial charge in [-0.15, -0.1) is 0 Å². The van der Waals surface area contributed by atoms with Crippen molar-refractivity contribution in [2.24, 2.45) is 0 Å². The Kier molecular flexibility index (Phi) is 10.6. The average molecular weight is 681 g/mol. The lowest BCUT2D eigenvalue weighted by Gasteiger charge is -2.30. The predicted molar refractivity (Wildman–Crippen MR) is 198 cm³/mol. The summed E-state index contributed by atoms with van der Waals surface area (Å²) in [6.07, 6.45) is 8.29. The van der Waals surface area contributed by atoms with E-state index in [0.29, 0.717) is 16.9 Å². The highest BCUT2D eigenvalue weighted by Gasteiger charge is 2.21. The van der Waals surface area contributed by atoms with Crippen molar-refractivity contribution < 1.29 is 22.5 Å². The van der Waals surface area contributed by atoms with Crippen LogP contribution in [0, 0.1) is 6.92 Å². The van der Waals surface area contributed by atoms with E-state index in [1.54, 1.807) is 19.2 Å². The van der Waals surface area contributed by atoms with Crippen molar-refractivity contribution in [2.75, 3.05) is 60.9 Å². The molecule has 0 radical (unpaired) electrons. The van der Waals surface area contributed by atoms with Crippen LogP contribution < -0.4 is 31.3 Å². The Morgan fingerprint density at radius 3 is 2.10 bits per heavy atom. The average Bonchev–Trinajstić information content (AvgIpc) is 3.08. The molecule has 0 atom stereocenters. The van der Waals surface area contributed by atoms with E-state index < -0.39 is 10.1 Å². The quantitative estimate of drug-likeness (QED) is 0.104. The first kappa shape index (κ1) is 34.6. The molecule has 1 amide bonds. The number of hydrogen-bond acceptors (Lipinski definition) is 9. The summed E-state index contributed by atoms with van der Waals surface area (Å²) in [5.74, 6) is 0.581. The first-order chi connectivity index (χ1) is 23.4. The Balaban J connectivity index is 0.000000363. The number of hydrogen-bond donors (Lipinski definition) is 5. The number of aryl methyl sites for hydroxylation is 1. The van der Waals surface area contributed by atoms with E-state index in [9.17, 15) is 13.2 Å². The molecule has 11 nitrogen and oxygen atoms in total. The zero-order valence-electron chi connectivity index (χ0n) is 27.8. The van der Waals surface area contributed by atoms with Gasteiger partial charge in [-0.25, -0.2) is 0 Å². The molecule has 0 bridgehead atoms. The topological polar surface area (TPSA) is 149 Å². The van der Waals surface area contributed by atoms with Crippen LogP contribution in [0.1, 0.15) is 21.5 Å². The third-order valence-corrected chi connectivity index (χ3v) is 8.71. The van der Waals surface area contributed by atoms with Crippen LogP contribution in [-0.2, 0) is 10.1 Å². The van der Waals surface area contributed by atoms with Crippen LogP contribution in [0.15, 0.2) is 120 Å². The summed E-state index contributed by atoms with van der Waals surface area (Å²) >= 11 is 0. The summed E-state index contributed by atoms with van der Waals surface area (Å²) in [4.78, 5) is 17.0. The smallest absolute Gasteiger partial charge is 0.294 e. The molecular weight excluding hydrogens is 641 g/mol. The normalized spacial score (nSPS) is 13.7. The maximum Gasteiger partial charge on any atom is 0.294 e. The summed E-state index contributed by atoms with van der Waals surface area (Å²) in [6.45, 7) is 3.44. The van der Waals surface area contributed by atoms with E-state index in [1.165, 1.54) is 12.1 Å². The van der Waals surface area contributed by atoms with Gasteiger partial charge in [0.2, 0.25) is 0 Å². The molecule has 0 saturated carbocycles. The molecule has 4 aromatic carbocycles. The number of carbonyl (C=O) groups is 1. The number of carbonyl (C=O) groups excluding carboxylic acids is 1. The largest absolute Gasteiger partial charge is 0.494 e. The number of methoxy groups -OCH3 is 1. The van der Waals surface area contributed by atoms with Gasteiger partial charge in [0.05, 0.1) is 17.7 Å². The van der Waals surface area contributed by atoms with Crippen molar-refractivity contribution in [2.45, 2.75) is 11.8 Å². The van der Waals surface area contributed by atoms with Crippen LogP contribution in [0.25, 0.3) is 5.70 Å². The summed E-state index contributed by atoms with van der Waals surface area (Å²) in [6, 6.07) is 24.9. The Morgan fingerprint density at radius 2 is 1.49 bits per heavy atom. The van der Waals surface area contributed by atoms with Gasteiger partial charge in [0, 0.05) is 84.7 Å². The minimum absolute atomic E-state index is 0.0666. The number of allylic oxidation sites excluding steroid dienone is 1. The van der Waals surface area contributed by atoms with Gasteiger partial charge in [-0.1, -0.05) is 17.7 Å². The van der Waals surface area contributed by atoms with Gasteiger partial charge in [-0.3, -0.25) is 9.35 Å². The fourth-order valence-corrected chi connectivity index (χ4v) is 5.66. The number of ether oxygens (including phenoxy) is 1. The highest BCUT2D eigenvalue weighted by molar-refractivity contribution is 7.85. The maximum atomic E-state index is 12.8. The summed E-state index contributed by atoms with van der Waals surface area (Å²) in [5, 5.41) is 9.81. The molecule has 254 valence electrons. The van der Waals surface area contributed by atoms with Crippen LogP contribution in [-0.4, -0.2) is 58.1 Å². The number of nitrogens with two attached hydrogens (primary N) is 1. The highest BCUT2D eigenvalue weighted by atomic mass is 32.2. The molecule has 2 heterocycles. The molecule has 0 unspecified atom stereocenters. The Bertz CT molecular complexity index is 2010. The lowest BCUT2D eigenvalue weighted by Crippen LogP contribution is -2.24. The fraction of sp³-hybridized carbons (Fsp3) is 0.162. The molecular formula is C37H40N6O5S. The van der Waals surface area contributed by atoms with E-state index in [1.807, 2.05) is 94.0 Å². The SMILES string of the molecule is COc1cc(N)cc2c1N(C)CC=C2Nc1ccc(NC(=O)c2ccc(NC3=CCN(C)C=C3)cc2)cc1.Cc1ccc(S(=O)(=O)O)cc1.